The monoisotopic (exact) mass is 807 g/mol. The molecule has 10 aromatic rings. The molecule has 10 aromatic carbocycles. The summed E-state index contributed by atoms with van der Waals surface area (Å²) in [6, 6.07) is 97.0. The fraction of sp³-hybridized carbons (Fsp3) is 0. The topological polar surface area (TPSA) is 9.72 Å². The summed E-state index contributed by atoms with van der Waals surface area (Å²) >= 11 is 0. The molecule has 0 aliphatic rings. The van der Waals surface area contributed by atoms with Gasteiger partial charge in [0.05, 0.1) is 0 Å². The van der Waals surface area contributed by atoms with E-state index in [-0.39, 0.29) is 0 Å². The number of hydrogen-bond donors (Lipinski definition) is 0. The molecule has 0 N–H and O–H groups in total. The second-order valence-electron chi connectivity index (χ2n) is 15.5. The summed E-state index contributed by atoms with van der Waals surface area (Å²) in [6.07, 6.45) is 0. The number of para-hydroxylation sites is 5. The molecule has 0 saturated carbocycles. The molecule has 300 valence electrons. The highest BCUT2D eigenvalue weighted by atomic mass is 15.2. The van der Waals surface area contributed by atoms with Gasteiger partial charge in [-0.25, -0.2) is 0 Å². The fourth-order valence-corrected chi connectivity index (χ4v) is 8.32. The normalized spacial score (nSPS) is 10.9. The maximum atomic E-state index is 2.32. The highest BCUT2D eigenvalue weighted by molar-refractivity contribution is 5.83. The molecular weight excluding hydrogens is 763 g/mol. The van der Waals surface area contributed by atoms with Gasteiger partial charge in [-0.15, -0.1) is 0 Å². The van der Waals surface area contributed by atoms with E-state index in [4.69, 9.17) is 0 Å². The first-order valence-electron chi connectivity index (χ1n) is 21.4. The Balaban J connectivity index is 0.893. The van der Waals surface area contributed by atoms with Crippen LogP contribution in [0.4, 0.5) is 51.2 Å². The molecule has 0 saturated heterocycles. The molecule has 0 amide bonds. The predicted molar refractivity (Wildman–Crippen MR) is 267 cm³/mol. The maximum Gasteiger partial charge on any atom is 0.0462 e. The van der Waals surface area contributed by atoms with Gasteiger partial charge in [0.25, 0.3) is 0 Å². The molecule has 0 fully saturated rings. The lowest BCUT2D eigenvalue weighted by Gasteiger charge is -2.26. The van der Waals surface area contributed by atoms with E-state index in [2.05, 4.69) is 288 Å². The third-order valence-corrected chi connectivity index (χ3v) is 11.4. The van der Waals surface area contributed by atoms with Gasteiger partial charge in [-0.05, 0) is 149 Å². The van der Waals surface area contributed by atoms with Crippen LogP contribution in [0.3, 0.4) is 0 Å². The zero-order valence-corrected chi connectivity index (χ0v) is 34.8. The summed E-state index contributed by atoms with van der Waals surface area (Å²) in [7, 11) is 0. The number of anilines is 9. The van der Waals surface area contributed by atoms with E-state index >= 15 is 0 Å². The van der Waals surface area contributed by atoms with Crippen molar-refractivity contribution >= 4 is 51.2 Å². The molecule has 3 heteroatoms. The molecule has 3 nitrogen and oxygen atoms in total. The van der Waals surface area contributed by atoms with Crippen LogP contribution in [-0.4, -0.2) is 0 Å². The van der Waals surface area contributed by atoms with Crippen LogP contribution >= 0.6 is 0 Å². The number of rotatable bonds is 12. The Morgan fingerprint density at radius 1 is 0.143 bits per heavy atom. The summed E-state index contributed by atoms with van der Waals surface area (Å²) in [4.78, 5) is 6.90. The molecule has 0 aliphatic carbocycles. The molecule has 0 unspecified atom stereocenters. The molecule has 10 rings (SSSR count). The highest BCUT2D eigenvalue weighted by Gasteiger charge is 2.16. The molecule has 0 radical (unpaired) electrons. The largest absolute Gasteiger partial charge is 0.311 e. The van der Waals surface area contributed by atoms with Gasteiger partial charge in [0.2, 0.25) is 0 Å². The smallest absolute Gasteiger partial charge is 0.0462 e. The minimum atomic E-state index is 1.09. The van der Waals surface area contributed by atoms with Crippen molar-refractivity contribution < 1.29 is 0 Å². The molecular formula is C60H45N3. The predicted octanol–water partition coefficient (Wildman–Crippen LogP) is 17.1. The van der Waals surface area contributed by atoms with Crippen molar-refractivity contribution in [3.8, 4) is 33.4 Å². The van der Waals surface area contributed by atoms with Crippen molar-refractivity contribution in [1.29, 1.82) is 0 Å². The first kappa shape index (κ1) is 38.8. The van der Waals surface area contributed by atoms with E-state index in [1.807, 2.05) is 0 Å². The molecule has 0 bridgehead atoms. The van der Waals surface area contributed by atoms with Crippen LogP contribution in [0.25, 0.3) is 33.4 Å². The van der Waals surface area contributed by atoms with Gasteiger partial charge >= 0.3 is 0 Å². The van der Waals surface area contributed by atoms with Gasteiger partial charge in [0, 0.05) is 51.2 Å². The van der Waals surface area contributed by atoms with E-state index in [1.165, 1.54) is 33.4 Å². The van der Waals surface area contributed by atoms with Crippen molar-refractivity contribution in [1.82, 2.24) is 0 Å². The Morgan fingerprint density at radius 3 is 0.556 bits per heavy atom. The van der Waals surface area contributed by atoms with Crippen molar-refractivity contribution in [3.63, 3.8) is 0 Å². The zero-order valence-electron chi connectivity index (χ0n) is 34.8. The van der Waals surface area contributed by atoms with Gasteiger partial charge in [0.15, 0.2) is 0 Å². The van der Waals surface area contributed by atoms with Crippen molar-refractivity contribution in [2.75, 3.05) is 14.7 Å². The minimum Gasteiger partial charge on any atom is -0.311 e. The Bertz CT molecular complexity index is 2910. The summed E-state index contributed by atoms with van der Waals surface area (Å²) in [6.45, 7) is 0. The van der Waals surface area contributed by atoms with Crippen LogP contribution in [0.2, 0.25) is 0 Å². The summed E-state index contributed by atoms with van der Waals surface area (Å²) in [5, 5.41) is 0. The summed E-state index contributed by atoms with van der Waals surface area (Å²) in [5.41, 5.74) is 17.1. The fourth-order valence-electron chi connectivity index (χ4n) is 8.32. The Morgan fingerprint density at radius 2 is 0.333 bits per heavy atom. The Labute approximate surface area is 370 Å². The van der Waals surface area contributed by atoms with Crippen LogP contribution in [0, 0.1) is 0 Å². The molecule has 0 spiro atoms. The molecule has 0 heterocycles. The van der Waals surface area contributed by atoms with E-state index < -0.39 is 0 Å². The second kappa shape index (κ2) is 18.1. The minimum absolute atomic E-state index is 1.09. The van der Waals surface area contributed by atoms with Crippen LogP contribution in [0.15, 0.2) is 273 Å². The van der Waals surface area contributed by atoms with E-state index in [0.29, 0.717) is 0 Å². The lowest BCUT2D eigenvalue weighted by atomic mass is 9.98. The quantitative estimate of drug-likeness (QED) is 0.122. The van der Waals surface area contributed by atoms with Gasteiger partial charge < -0.3 is 14.7 Å². The summed E-state index contributed by atoms with van der Waals surface area (Å²) < 4.78 is 0. The second-order valence-corrected chi connectivity index (χ2v) is 15.5. The lowest BCUT2D eigenvalue weighted by molar-refractivity contribution is 1.28. The number of benzene rings is 10. The third-order valence-electron chi connectivity index (χ3n) is 11.4. The third kappa shape index (κ3) is 8.50. The standard InChI is InChI=1S/C60H45N3/c1-6-19-52(20-7-1)61(53-21-8-2-9-22-53)57-37-29-46(30-38-57)47-31-39-59(40-32-47)63(56-27-14-5-15-28-56)60-43-35-49(36-44-60)51-18-16-17-50(45-51)48-33-41-58(42-34-48)62(54-23-10-3-11-24-54)55-25-12-4-13-26-55/h1-45H. The SMILES string of the molecule is c1ccc(N(c2ccccc2)c2ccc(-c3ccc(N(c4ccccc4)c4ccc(-c5cccc(-c6ccc(N(c7ccccc7)c7ccccc7)cc6)c5)cc4)cc3)cc2)cc1. The van der Waals surface area contributed by atoms with E-state index in [9.17, 15) is 0 Å². The van der Waals surface area contributed by atoms with Crippen molar-refractivity contribution in [2.24, 2.45) is 0 Å². The van der Waals surface area contributed by atoms with E-state index in [0.717, 1.165) is 51.2 Å². The lowest BCUT2D eigenvalue weighted by Crippen LogP contribution is -2.09. The average Bonchev–Trinajstić information content (AvgIpc) is 3.37. The van der Waals surface area contributed by atoms with Crippen LogP contribution < -0.4 is 14.7 Å². The average molecular weight is 808 g/mol. The van der Waals surface area contributed by atoms with Gasteiger partial charge in [-0.1, -0.05) is 158 Å². The zero-order chi connectivity index (χ0) is 42.2. The Kier molecular flexibility index (Phi) is 11.1. The van der Waals surface area contributed by atoms with E-state index in [1.54, 1.807) is 0 Å². The van der Waals surface area contributed by atoms with Crippen LogP contribution in [-0.2, 0) is 0 Å². The van der Waals surface area contributed by atoms with Crippen LogP contribution in [0.1, 0.15) is 0 Å². The molecule has 63 heavy (non-hydrogen) atoms. The van der Waals surface area contributed by atoms with Gasteiger partial charge in [-0.2, -0.15) is 0 Å². The van der Waals surface area contributed by atoms with Gasteiger partial charge in [-0.3, -0.25) is 0 Å². The van der Waals surface area contributed by atoms with Crippen molar-refractivity contribution in [3.05, 3.63) is 273 Å². The Hall–Kier alpha value is -8.40. The summed E-state index contributed by atoms with van der Waals surface area (Å²) in [5.74, 6) is 0. The first-order chi connectivity index (χ1) is 31.2. The van der Waals surface area contributed by atoms with Crippen molar-refractivity contribution in [2.45, 2.75) is 0 Å². The number of hydrogen-bond acceptors (Lipinski definition) is 3. The van der Waals surface area contributed by atoms with Gasteiger partial charge in [0.1, 0.15) is 0 Å². The first-order valence-corrected chi connectivity index (χ1v) is 21.4. The molecule has 0 aromatic heterocycles. The maximum absolute atomic E-state index is 2.32. The van der Waals surface area contributed by atoms with Crippen LogP contribution in [0.5, 0.6) is 0 Å². The number of nitrogens with zero attached hydrogens (tertiary/aromatic N) is 3. The molecule has 0 atom stereocenters. The highest BCUT2D eigenvalue weighted by Crippen LogP contribution is 2.40. The molecule has 0 aliphatic heterocycles.